The lowest BCUT2D eigenvalue weighted by Crippen LogP contribution is -2.53. The van der Waals surface area contributed by atoms with Gasteiger partial charge in [0.05, 0.1) is 17.3 Å². The van der Waals surface area contributed by atoms with E-state index >= 15 is 0 Å². The van der Waals surface area contributed by atoms with Gasteiger partial charge in [0.15, 0.2) is 9.84 Å². The standard InChI is InChI=1S/C10H16N2O3S/c1-10(4-2-5-11-10)9(13)12-8-3-6-16(14,15)7-8/h3,6,8,11H,2,4-5,7H2,1H3,(H,12,13). The molecule has 0 aliphatic carbocycles. The fraction of sp³-hybridized carbons (Fsp3) is 0.700. The monoisotopic (exact) mass is 244 g/mol. The molecule has 2 unspecified atom stereocenters. The van der Waals surface area contributed by atoms with Gasteiger partial charge in [0.25, 0.3) is 0 Å². The van der Waals surface area contributed by atoms with Gasteiger partial charge in [-0.2, -0.15) is 0 Å². The Hall–Kier alpha value is -0.880. The van der Waals surface area contributed by atoms with Crippen molar-refractivity contribution in [1.82, 2.24) is 10.6 Å². The summed E-state index contributed by atoms with van der Waals surface area (Å²) in [7, 11) is -3.10. The van der Waals surface area contributed by atoms with E-state index in [1.54, 1.807) is 0 Å². The fourth-order valence-corrected chi connectivity index (χ4v) is 3.32. The zero-order valence-electron chi connectivity index (χ0n) is 9.19. The van der Waals surface area contributed by atoms with Crippen LogP contribution in [-0.4, -0.2) is 38.2 Å². The van der Waals surface area contributed by atoms with Gasteiger partial charge >= 0.3 is 0 Å². The SMILES string of the molecule is CC1(C(=O)NC2C=CS(=O)(=O)C2)CCCN1. The Morgan fingerprint density at radius 3 is 2.81 bits per heavy atom. The van der Waals surface area contributed by atoms with E-state index in [0.717, 1.165) is 19.4 Å². The predicted octanol–water partition coefficient (Wildman–Crippen LogP) is -0.445. The summed E-state index contributed by atoms with van der Waals surface area (Å²) in [5, 5.41) is 7.06. The lowest BCUT2D eigenvalue weighted by atomic mass is 9.99. The normalized spacial score (nSPS) is 36.4. The highest BCUT2D eigenvalue weighted by molar-refractivity contribution is 7.94. The van der Waals surface area contributed by atoms with Gasteiger partial charge in [0.2, 0.25) is 5.91 Å². The van der Waals surface area contributed by atoms with Crippen LogP contribution in [-0.2, 0) is 14.6 Å². The number of hydrogen-bond donors (Lipinski definition) is 2. The number of carbonyl (C=O) groups excluding carboxylic acids is 1. The molecule has 2 N–H and O–H groups in total. The largest absolute Gasteiger partial charge is 0.347 e. The quantitative estimate of drug-likeness (QED) is 0.690. The smallest absolute Gasteiger partial charge is 0.240 e. The molecule has 90 valence electrons. The van der Waals surface area contributed by atoms with E-state index in [1.165, 1.54) is 11.5 Å². The van der Waals surface area contributed by atoms with E-state index in [1.807, 2.05) is 6.92 Å². The van der Waals surface area contributed by atoms with Crippen LogP contribution >= 0.6 is 0 Å². The molecule has 2 aliphatic rings. The van der Waals surface area contributed by atoms with Crippen LogP contribution in [0.1, 0.15) is 19.8 Å². The second-order valence-corrected chi connectivity index (χ2v) is 6.53. The van der Waals surface area contributed by atoms with Gasteiger partial charge in [0.1, 0.15) is 0 Å². The maximum Gasteiger partial charge on any atom is 0.240 e. The van der Waals surface area contributed by atoms with Crippen molar-refractivity contribution in [3.8, 4) is 0 Å². The first kappa shape index (κ1) is 11.6. The molecule has 6 heteroatoms. The van der Waals surface area contributed by atoms with E-state index in [2.05, 4.69) is 10.6 Å². The summed E-state index contributed by atoms with van der Waals surface area (Å²) in [6.07, 6.45) is 3.30. The van der Waals surface area contributed by atoms with Crippen LogP contribution in [0.4, 0.5) is 0 Å². The minimum Gasteiger partial charge on any atom is -0.347 e. The molecule has 1 saturated heterocycles. The van der Waals surface area contributed by atoms with E-state index < -0.39 is 15.4 Å². The van der Waals surface area contributed by atoms with Crippen LogP contribution in [0.2, 0.25) is 0 Å². The Bertz CT molecular complexity index is 421. The molecule has 0 aromatic heterocycles. The number of carbonyl (C=O) groups is 1. The Morgan fingerprint density at radius 1 is 1.56 bits per heavy atom. The fourth-order valence-electron chi connectivity index (χ4n) is 2.08. The minimum atomic E-state index is -3.10. The Morgan fingerprint density at radius 2 is 2.31 bits per heavy atom. The number of nitrogens with one attached hydrogen (secondary N) is 2. The van der Waals surface area contributed by atoms with Gasteiger partial charge in [0, 0.05) is 5.41 Å². The van der Waals surface area contributed by atoms with Crippen LogP contribution in [0.25, 0.3) is 0 Å². The van der Waals surface area contributed by atoms with Gasteiger partial charge in [-0.05, 0) is 32.4 Å². The summed E-state index contributed by atoms with van der Waals surface area (Å²) < 4.78 is 22.3. The Balaban J connectivity index is 1.96. The van der Waals surface area contributed by atoms with Crippen LogP contribution in [0, 0.1) is 0 Å². The van der Waals surface area contributed by atoms with Crippen LogP contribution in [0.3, 0.4) is 0 Å². The average Bonchev–Trinajstić information content (AvgIpc) is 2.74. The van der Waals surface area contributed by atoms with E-state index in [4.69, 9.17) is 0 Å². The van der Waals surface area contributed by atoms with Crippen molar-refractivity contribution in [2.75, 3.05) is 12.3 Å². The highest BCUT2D eigenvalue weighted by atomic mass is 32.2. The number of sulfone groups is 1. The van der Waals surface area contributed by atoms with Crippen molar-refractivity contribution in [3.63, 3.8) is 0 Å². The third-order valence-electron chi connectivity index (χ3n) is 3.12. The molecule has 2 rings (SSSR count). The lowest BCUT2D eigenvalue weighted by Gasteiger charge is -2.24. The van der Waals surface area contributed by atoms with Gasteiger partial charge in [-0.25, -0.2) is 8.42 Å². The average molecular weight is 244 g/mol. The highest BCUT2D eigenvalue weighted by Crippen LogP contribution is 2.19. The molecule has 0 radical (unpaired) electrons. The number of rotatable bonds is 2. The third-order valence-corrected chi connectivity index (χ3v) is 4.51. The minimum absolute atomic E-state index is 0.0190. The zero-order chi connectivity index (χ0) is 11.8. The van der Waals surface area contributed by atoms with Gasteiger partial charge in [-0.1, -0.05) is 0 Å². The molecule has 1 amide bonds. The highest BCUT2D eigenvalue weighted by Gasteiger charge is 2.37. The maximum absolute atomic E-state index is 11.9. The van der Waals surface area contributed by atoms with Crippen LogP contribution in [0.15, 0.2) is 11.5 Å². The van der Waals surface area contributed by atoms with Crippen LogP contribution < -0.4 is 10.6 Å². The second-order valence-electron chi connectivity index (χ2n) is 4.60. The molecule has 2 aliphatic heterocycles. The van der Waals surface area contributed by atoms with Crippen molar-refractivity contribution >= 4 is 15.7 Å². The molecule has 2 heterocycles. The summed E-state index contributed by atoms with van der Waals surface area (Å²) in [4.78, 5) is 11.9. The van der Waals surface area contributed by atoms with Crippen molar-refractivity contribution in [2.24, 2.45) is 0 Å². The molecule has 0 aromatic rings. The van der Waals surface area contributed by atoms with E-state index in [9.17, 15) is 13.2 Å². The molecule has 16 heavy (non-hydrogen) atoms. The van der Waals surface area contributed by atoms with Gasteiger partial charge in [-0.3, -0.25) is 4.79 Å². The molecule has 1 fully saturated rings. The molecule has 0 saturated carbocycles. The van der Waals surface area contributed by atoms with E-state index in [0.29, 0.717) is 0 Å². The molecular weight excluding hydrogens is 228 g/mol. The lowest BCUT2D eigenvalue weighted by molar-refractivity contribution is -0.126. The summed E-state index contributed by atoms with van der Waals surface area (Å²) in [6, 6.07) is -0.378. The first-order chi connectivity index (χ1) is 7.41. The predicted molar refractivity (Wildman–Crippen MR) is 60.5 cm³/mol. The summed E-state index contributed by atoms with van der Waals surface area (Å²) >= 11 is 0. The number of hydrogen-bond acceptors (Lipinski definition) is 4. The molecule has 2 atom stereocenters. The third kappa shape index (κ3) is 2.27. The number of amides is 1. The first-order valence-corrected chi connectivity index (χ1v) is 7.10. The Labute approximate surface area is 95.2 Å². The molecular formula is C10H16N2O3S. The zero-order valence-corrected chi connectivity index (χ0v) is 10.0. The summed E-state index contributed by atoms with van der Waals surface area (Å²) in [5.41, 5.74) is -0.541. The van der Waals surface area contributed by atoms with Crippen molar-refractivity contribution < 1.29 is 13.2 Å². The van der Waals surface area contributed by atoms with Crippen molar-refractivity contribution in [3.05, 3.63) is 11.5 Å². The topological polar surface area (TPSA) is 75.3 Å². The summed E-state index contributed by atoms with van der Waals surface area (Å²) in [5.74, 6) is -0.133. The van der Waals surface area contributed by atoms with Gasteiger partial charge in [-0.15, -0.1) is 0 Å². The molecule has 0 spiro atoms. The molecule has 0 aromatic carbocycles. The summed E-state index contributed by atoms with van der Waals surface area (Å²) in [6.45, 7) is 2.69. The van der Waals surface area contributed by atoms with E-state index in [-0.39, 0.29) is 17.7 Å². The maximum atomic E-state index is 11.9. The van der Waals surface area contributed by atoms with Crippen molar-refractivity contribution in [1.29, 1.82) is 0 Å². The molecule has 0 bridgehead atoms. The first-order valence-electron chi connectivity index (χ1n) is 5.38. The second kappa shape index (κ2) is 3.85. The van der Waals surface area contributed by atoms with Gasteiger partial charge < -0.3 is 10.6 Å². The van der Waals surface area contributed by atoms with Crippen LogP contribution in [0.5, 0.6) is 0 Å². The van der Waals surface area contributed by atoms with Crippen molar-refractivity contribution in [2.45, 2.75) is 31.3 Å². The Kier molecular flexibility index (Phi) is 2.79. The molecule has 5 nitrogen and oxygen atoms in total.